The van der Waals surface area contributed by atoms with Crippen LogP contribution in [0.5, 0.6) is 0 Å². The van der Waals surface area contributed by atoms with Crippen LogP contribution in [0.1, 0.15) is 30.9 Å². The van der Waals surface area contributed by atoms with E-state index in [4.69, 9.17) is 0 Å². The Bertz CT molecular complexity index is 730. The molecule has 1 aromatic heterocycles. The molecule has 154 valence electrons. The first-order valence-electron chi connectivity index (χ1n) is 9.88. The number of benzene rings is 1. The van der Waals surface area contributed by atoms with Crippen molar-refractivity contribution in [2.24, 2.45) is 4.99 Å². The number of guanidine groups is 1. The van der Waals surface area contributed by atoms with E-state index in [9.17, 15) is 0 Å². The normalized spacial score (nSPS) is 20.5. The number of nitrogens with zero attached hydrogens (tertiary/aromatic N) is 4. The Morgan fingerprint density at radius 2 is 2.07 bits per heavy atom. The molecule has 1 fully saturated rings. The van der Waals surface area contributed by atoms with E-state index in [0.717, 1.165) is 45.0 Å². The van der Waals surface area contributed by atoms with Gasteiger partial charge in [-0.25, -0.2) is 0 Å². The van der Waals surface area contributed by atoms with Crippen LogP contribution in [-0.2, 0) is 13.1 Å². The van der Waals surface area contributed by atoms with Crippen molar-refractivity contribution in [3.8, 4) is 0 Å². The van der Waals surface area contributed by atoms with Gasteiger partial charge in [0.2, 0.25) is 0 Å². The van der Waals surface area contributed by atoms with Crippen molar-refractivity contribution in [2.45, 2.75) is 51.9 Å². The highest BCUT2D eigenvalue weighted by molar-refractivity contribution is 14.0. The summed E-state index contributed by atoms with van der Waals surface area (Å²) in [6.07, 6.45) is 6.21. The predicted octanol–water partition coefficient (Wildman–Crippen LogP) is 3.03. The summed E-state index contributed by atoms with van der Waals surface area (Å²) >= 11 is 0. The molecular formula is C21H33IN6. The first kappa shape index (κ1) is 22.7. The van der Waals surface area contributed by atoms with Gasteiger partial charge in [0.1, 0.15) is 0 Å². The van der Waals surface area contributed by atoms with Gasteiger partial charge in [-0.3, -0.25) is 14.6 Å². The molecule has 0 radical (unpaired) electrons. The number of halogens is 1. The molecule has 28 heavy (non-hydrogen) atoms. The van der Waals surface area contributed by atoms with Gasteiger partial charge in [0.05, 0.1) is 12.7 Å². The first-order valence-corrected chi connectivity index (χ1v) is 9.88. The van der Waals surface area contributed by atoms with Gasteiger partial charge in [0.25, 0.3) is 0 Å². The lowest BCUT2D eigenvalue weighted by atomic mass is 9.97. The molecule has 2 heterocycles. The summed E-state index contributed by atoms with van der Waals surface area (Å²) in [6.45, 7) is 8.17. The van der Waals surface area contributed by atoms with E-state index in [0.29, 0.717) is 12.1 Å². The molecule has 3 rings (SSSR count). The van der Waals surface area contributed by atoms with Crippen LogP contribution in [0.3, 0.4) is 0 Å². The Morgan fingerprint density at radius 3 is 2.71 bits per heavy atom. The molecule has 0 spiro atoms. The largest absolute Gasteiger partial charge is 0.355 e. The van der Waals surface area contributed by atoms with E-state index < -0.39 is 0 Å². The fourth-order valence-electron chi connectivity index (χ4n) is 3.67. The molecule has 1 aliphatic rings. The summed E-state index contributed by atoms with van der Waals surface area (Å²) in [4.78, 5) is 6.95. The van der Waals surface area contributed by atoms with Crippen LogP contribution in [-0.4, -0.2) is 52.9 Å². The van der Waals surface area contributed by atoms with Crippen molar-refractivity contribution in [1.29, 1.82) is 0 Å². The highest BCUT2D eigenvalue weighted by Crippen LogP contribution is 2.19. The Balaban J connectivity index is 0.00000280. The van der Waals surface area contributed by atoms with Crippen LogP contribution in [0.4, 0.5) is 0 Å². The minimum absolute atomic E-state index is 0. The molecule has 6 nitrogen and oxygen atoms in total. The van der Waals surface area contributed by atoms with E-state index in [1.54, 1.807) is 0 Å². The average molecular weight is 496 g/mol. The molecule has 0 bridgehead atoms. The van der Waals surface area contributed by atoms with Gasteiger partial charge in [-0.05, 0) is 37.8 Å². The van der Waals surface area contributed by atoms with Gasteiger partial charge in [-0.15, -0.1) is 24.0 Å². The van der Waals surface area contributed by atoms with Crippen molar-refractivity contribution in [3.05, 3.63) is 53.9 Å². The maximum atomic E-state index is 4.38. The second kappa shape index (κ2) is 11.4. The van der Waals surface area contributed by atoms with Crippen LogP contribution in [0.15, 0.2) is 47.7 Å². The minimum atomic E-state index is 0. The van der Waals surface area contributed by atoms with Gasteiger partial charge in [-0.1, -0.05) is 30.3 Å². The summed E-state index contributed by atoms with van der Waals surface area (Å²) in [5.41, 5.74) is 2.58. The number of hydrogen-bond acceptors (Lipinski definition) is 3. The minimum Gasteiger partial charge on any atom is -0.355 e. The SMILES string of the molecule is CN=C(NCCn1cc(C)cn1)NC1CCN(Cc2ccccc2)C(C)C1.I. The Kier molecular flexibility index (Phi) is 9.24. The van der Waals surface area contributed by atoms with E-state index >= 15 is 0 Å². The predicted molar refractivity (Wildman–Crippen MR) is 126 cm³/mol. The molecule has 1 saturated heterocycles. The smallest absolute Gasteiger partial charge is 0.191 e. The third kappa shape index (κ3) is 6.77. The van der Waals surface area contributed by atoms with E-state index in [-0.39, 0.29) is 24.0 Å². The molecule has 7 heteroatoms. The number of likely N-dealkylation sites (tertiary alicyclic amines) is 1. The van der Waals surface area contributed by atoms with Crippen molar-refractivity contribution in [2.75, 3.05) is 20.1 Å². The van der Waals surface area contributed by atoms with Crippen LogP contribution >= 0.6 is 24.0 Å². The highest BCUT2D eigenvalue weighted by atomic mass is 127. The van der Waals surface area contributed by atoms with E-state index in [2.05, 4.69) is 76.0 Å². The average Bonchev–Trinajstić information content (AvgIpc) is 3.09. The second-order valence-electron chi connectivity index (χ2n) is 7.45. The quantitative estimate of drug-likeness (QED) is 0.367. The fourth-order valence-corrected chi connectivity index (χ4v) is 3.67. The standard InChI is InChI=1S/C21H32N6.HI/c1-17-14-24-27(15-17)12-10-23-21(22-3)25-20-9-11-26(18(2)13-20)16-19-7-5-4-6-8-19;/h4-8,14-15,18,20H,9-13,16H2,1-3H3,(H2,22,23,25);1H. The van der Waals surface area contributed by atoms with Crippen molar-refractivity contribution in [3.63, 3.8) is 0 Å². The zero-order chi connectivity index (χ0) is 19.1. The molecule has 0 saturated carbocycles. The number of piperidine rings is 1. The maximum Gasteiger partial charge on any atom is 0.191 e. The lowest BCUT2D eigenvalue weighted by Gasteiger charge is -2.38. The van der Waals surface area contributed by atoms with Crippen LogP contribution in [0.2, 0.25) is 0 Å². The van der Waals surface area contributed by atoms with E-state index in [1.165, 1.54) is 11.1 Å². The van der Waals surface area contributed by atoms with Gasteiger partial charge in [0, 0.05) is 45.0 Å². The second-order valence-corrected chi connectivity index (χ2v) is 7.45. The zero-order valence-corrected chi connectivity index (χ0v) is 19.5. The Hall–Kier alpha value is -1.61. The number of hydrogen-bond donors (Lipinski definition) is 2. The number of aryl methyl sites for hydroxylation is 1. The molecule has 1 aliphatic heterocycles. The fraction of sp³-hybridized carbons (Fsp3) is 0.524. The van der Waals surface area contributed by atoms with Crippen LogP contribution in [0.25, 0.3) is 0 Å². The first-order chi connectivity index (χ1) is 13.1. The Labute approximate surface area is 185 Å². The lowest BCUT2D eigenvalue weighted by molar-refractivity contribution is 0.134. The highest BCUT2D eigenvalue weighted by Gasteiger charge is 2.25. The molecule has 1 aromatic carbocycles. The molecule has 2 aromatic rings. The molecule has 2 N–H and O–H groups in total. The van der Waals surface area contributed by atoms with Crippen molar-refractivity contribution in [1.82, 2.24) is 25.3 Å². The molecule has 2 atom stereocenters. The lowest BCUT2D eigenvalue weighted by Crippen LogP contribution is -2.51. The number of nitrogens with one attached hydrogen (secondary N) is 2. The third-order valence-electron chi connectivity index (χ3n) is 5.20. The van der Waals surface area contributed by atoms with Crippen LogP contribution in [0, 0.1) is 6.92 Å². The molecule has 0 amide bonds. The summed E-state index contributed by atoms with van der Waals surface area (Å²) < 4.78 is 1.96. The Morgan fingerprint density at radius 1 is 1.29 bits per heavy atom. The maximum absolute atomic E-state index is 4.38. The van der Waals surface area contributed by atoms with Crippen molar-refractivity contribution < 1.29 is 0 Å². The monoisotopic (exact) mass is 496 g/mol. The van der Waals surface area contributed by atoms with Gasteiger partial charge < -0.3 is 10.6 Å². The topological polar surface area (TPSA) is 57.5 Å². The summed E-state index contributed by atoms with van der Waals surface area (Å²) in [7, 11) is 1.83. The molecule has 2 unspecified atom stereocenters. The van der Waals surface area contributed by atoms with Gasteiger partial charge in [0.15, 0.2) is 5.96 Å². The summed E-state index contributed by atoms with van der Waals surface area (Å²) in [5, 5.41) is 11.3. The van der Waals surface area contributed by atoms with E-state index in [1.807, 2.05) is 17.9 Å². The summed E-state index contributed by atoms with van der Waals surface area (Å²) in [5.74, 6) is 0.882. The number of rotatable bonds is 6. The molecular weight excluding hydrogens is 463 g/mol. The van der Waals surface area contributed by atoms with Gasteiger partial charge >= 0.3 is 0 Å². The number of aliphatic imine (C=N–C) groups is 1. The molecule has 0 aliphatic carbocycles. The zero-order valence-electron chi connectivity index (χ0n) is 17.1. The van der Waals surface area contributed by atoms with Crippen LogP contribution < -0.4 is 10.6 Å². The summed E-state index contributed by atoms with van der Waals surface area (Å²) in [6, 6.07) is 11.8. The van der Waals surface area contributed by atoms with Crippen molar-refractivity contribution >= 4 is 29.9 Å². The third-order valence-corrected chi connectivity index (χ3v) is 5.20. The number of aromatic nitrogens is 2. The van der Waals surface area contributed by atoms with Gasteiger partial charge in [-0.2, -0.15) is 5.10 Å².